The molecule has 3 aromatic rings. The summed E-state index contributed by atoms with van der Waals surface area (Å²) in [6.07, 6.45) is 3.37. The zero-order valence-corrected chi connectivity index (χ0v) is 8.71. The van der Waals surface area contributed by atoms with Crippen molar-refractivity contribution >= 4 is 11.5 Å². The van der Waals surface area contributed by atoms with Crippen LogP contribution >= 0.6 is 0 Å². The highest BCUT2D eigenvalue weighted by Gasteiger charge is 2.11. The average molecular weight is 229 g/mol. The fourth-order valence-corrected chi connectivity index (χ4v) is 1.65. The number of nitrogens with two attached hydrogens (primary N) is 1. The Morgan fingerprint density at radius 2 is 2.12 bits per heavy atom. The minimum Gasteiger partial charge on any atom is -0.398 e. The third kappa shape index (κ3) is 1.50. The summed E-state index contributed by atoms with van der Waals surface area (Å²) in [5.74, 6) is 0.561. The number of nitrogens with zero attached hydrogens (tertiary/aromatic N) is 4. The molecule has 0 aliphatic rings. The summed E-state index contributed by atoms with van der Waals surface area (Å²) >= 11 is 0. The third-order valence-electron chi connectivity index (χ3n) is 2.45. The summed E-state index contributed by atoms with van der Waals surface area (Å²) in [6.45, 7) is 0. The molecule has 6 heteroatoms. The van der Waals surface area contributed by atoms with E-state index in [-0.39, 0.29) is 5.82 Å². The van der Waals surface area contributed by atoms with Crippen LogP contribution in [0.1, 0.15) is 0 Å². The minimum atomic E-state index is -0.366. The quantitative estimate of drug-likeness (QED) is 0.642. The van der Waals surface area contributed by atoms with Gasteiger partial charge in [-0.05, 0) is 24.3 Å². The van der Waals surface area contributed by atoms with E-state index in [1.165, 1.54) is 18.2 Å². The number of nitrogen functional groups attached to an aromatic ring is 1. The first-order valence-corrected chi connectivity index (χ1v) is 4.97. The molecule has 2 heterocycles. The second-order valence-corrected chi connectivity index (χ2v) is 3.54. The lowest BCUT2D eigenvalue weighted by Crippen LogP contribution is -1.96. The van der Waals surface area contributed by atoms with E-state index in [4.69, 9.17) is 5.73 Å². The number of fused-ring (bicyclic) bond motifs is 1. The van der Waals surface area contributed by atoms with Crippen LogP contribution in [-0.4, -0.2) is 19.6 Å². The van der Waals surface area contributed by atoms with E-state index < -0.39 is 0 Å². The van der Waals surface area contributed by atoms with E-state index in [2.05, 4.69) is 15.2 Å². The minimum absolute atomic E-state index is 0.366. The molecule has 0 atom stereocenters. The van der Waals surface area contributed by atoms with Crippen molar-refractivity contribution in [1.82, 2.24) is 19.6 Å². The smallest absolute Gasteiger partial charge is 0.255 e. The second-order valence-electron chi connectivity index (χ2n) is 3.54. The van der Waals surface area contributed by atoms with Gasteiger partial charge in [0, 0.05) is 23.6 Å². The van der Waals surface area contributed by atoms with Crippen LogP contribution in [0.2, 0.25) is 0 Å². The van der Waals surface area contributed by atoms with E-state index in [0.29, 0.717) is 22.9 Å². The van der Waals surface area contributed by atoms with Gasteiger partial charge in [0.25, 0.3) is 5.78 Å². The zero-order chi connectivity index (χ0) is 11.8. The highest BCUT2D eigenvalue weighted by atomic mass is 19.1. The van der Waals surface area contributed by atoms with Gasteiger partial charge in [-0.3, -0.25) is 4.40 Å². The van der Waals surface area contributed by atoms with Crippen LogP contribution in [0.25, 0.3) is 17.2 Å². The summed E-state index contributed by atoms with van der Waals surface area (Å²) < 4.78 is 14.9. The van der Waals surface area contributed by atoms with Crippen molar-refractivity contribution in [1.29, 1.82) is 0 Å². The molecule has 0 spiro atoms. The number of benzene rings is 1. The van der Waals surface area contributed by atoms with Crippen molar-refractivity contribution in [3.8, 4) is 11.4 Å². The molecule has 0 bridgehead atoms. The van der Waals surface area contributed by atoms with E-state index in [9.17, 15) is 4.39 Å². The molecule has 0 saturated carbocycles. The molecule has 0 amide bonds. The van der Waals surface area contributed by atoms with Crippen molar-refractivity contribution in [3.63, 3.8) is 0 Å². The summed E-state index contributed by atoms with van der Waals surface area (Å²) in [6, 6.07) is 5.89. The predicted molar refractivity (Wildman–Crippen MR) is 60.6 cm³/mol. The molecule has 84 valence electrons. The average Bonchev–Trinajstić information content (AvgIpc) is 2.76. The maximum atomic E-state index is 13.2. The van der Waals surface area contributed by atoms with Crippen LogP contribution in [0.15, 0.2) is 36.7 Å². The molecular weight excluding hydrogens is 221 g/mol. The van der Waals surface area contributed by atoms with Crippen molar-refractivity contribution in [2.45, 2.75) is 0 Å². The van der Waals surface area contributed by atoms with E-state index >= 15 is 0 Å². The number of anilines is 1. The Hall–Kier alpha value is -2.50. The first-order chi connectivity index (χ1) is 8.25. The van der Waals surface area contributed by atoms with Gasteiger partial charge in [0.05, 0.1) is 0 Å². The molecule has 0 saturated heterocycles. The van der Waals surface area contributed by atoms with E-state index in [0.717, 1.165) is 0 Å². The number of hydrogen-bond donors (Lipinski definition) is 1. The predicted octanol–water partition coefficient (Wildman–Crippen LogP) is 1.51. The Morgan fingerprint density at radius 3 is 3.00 bits per heavy atom. The highest BCUT2D eigenvalue weighted by Crippen LogP contribution is 2.24. The summed E-state index contributed by atoms with van der Waals surface area (Å²) in [7, 11) is 0. The maximum absolute atomic E-state index is 13.2. The fourth-order valence-electron chi connectivity index (χ4n) is 1.65. The molecule has 1 aromatic carbocycles. The number of rotatable bonds is 1. The third-order valence-corrected chi connectivity index (χ3v) is 2.45. The monoisotopic (exact) mass is 229 g/mol. The molecule has 0 aliphatic carbocycles. The summed E-state index contributed by atoms with van der Waals surface area (Å²) in [5, 5.41) is 7.86. The lowest BCUT2D eigenvalue weighted by atomic mass is 10.1. The van der Waals surface area contributed by atoms with Crippen molar-refractivity contribution in [2.24, 2.45) is 0 Å². The van der Waals surface area contributed by atoms with E-state index in [1.54, 1.807) is 22.9 Å². The fraction of sp³-hybridized carbons (Fsp3) is 0. The highest BCUT2D eigenvalue weighted by molar-refractivity contribution is 5.72. The largest absolute Gasteiger partial charge is 0.398 e. The molecule has 2 aromatic heterocycles. The van der Waals surface area contributed by atoms with Crippen molar-refractivity contribution < 1.29 is 4.39 Å². The van der Waals surface area contributed by atoms with Gasteiger partial charge in [-0.15, -0.1) is 10.2 Å². The van der Waals surface area contributed by atoms with Crippen LogP contribution in [-0.2, 0) is 0 Å². The van der Waals surface area contributed by atoms with Gasteiger partial charge in [0.1, 0.15) is 5.82 Å². The lowest BCUT2D eigenvalue weighted by molar-refractivity contribution is 0.628. The van der Waals surface area contributed by atoms with Gasteiger partial charge in [-0.25, -0.2) is 9.37 Å². The molecule has 2 N–H and O–H groups in total. The standard InChI is InChI=1S/C11H8FN5/c12-7-2-3-9(13)8(6-7)10-15-16-11-14-4-1-5-17(10)11/h1-6H,13H2. The Labute approximate surface area is 95.7 Å². The zero-order valence-electron chi connectivity index (χ0n) is 8.71. The number of hydrogen-bond acceptors (Lipinski definition) is 4. The summed E-state index contributed by atoms with van der Waals surface area (Å²) in [5.41, 5.74) is 6.76. The Kier molecular flexibility index (Phi) is 2.01. The van der Waals surface area contributed by atoms with Gasteiger partial charge in [-0.2, -0.15) is 0 Å². The van der Waals surface area contributed by atoms with Crippen LogP contribution in [0, 0.1) is 5.82 Å². The number of aromatic nitrogens is 4. The lowest BCUT2D eigenvalue weighted by Gasteiger charge is -2.03. The van der Waals surface area contributed by atoms with Crippen LogP contribution in [0.3, 0.4) is 0 Å². The molecular formula is C11H8FN5. The molecule has 3 rings (SSSR count). The normalized spacial score (nSPS) is 10.9. The Morgan fingerprint density at radius 1 is 1.24 bits per heavy atom. The Bertz CT molecular complexity index is 691. The second kappa shape index (κ2) is 3.51. The first-order valence-electron chi connectivity index (χ1n) is 4.97. The molecule has 0 aliphatic heterocycles. The topological polar surface area (TPSA) is 69.1 Å². The van der Waals surface area contributed by atoms with Crippen molar-refractivity contribution in [2.75, 3.05) is 5.73 Å². The van der Waals surface area contributed by atoms with Crippen molar-refractivity contribution in [3.05, 3.63) is 42.5 Å². The molecule has 5 nitrogen and oxygen atoms in total. The van der Waals surface area contributed by atoms with Gasteiger partial charge in [-0.1, -0.05) is 0 Å². The maximum Gasteiger partial charge on any atom is 0.255 e. The van der Waals surface area contributed by atoms with Gasteiger partial charge < -0.3 is 5.73 Å². The summed E-state index contributed by atoms with van der Waals surface area (Å²) in [4.78, 5) is 4.03. The molecule has 0 fully saturated rings. The first kappa shape index (κ1) is 9.71. The Balaban J connectivity index is 2.31. The van der Waals surface area contributed by atoms with Crippen LogP contribution in [0.4, 0.5) is 10.1 Å². The van der Waals surface area contributed by atoms with Gasteiger partial charge in [0.15, 0.2) is 5.82 Å². The van der Waals surface area contributed by atoms with Crippen LogP contribution in [0.5, 0.6) is 0 Å². The molecule has 0 radical (unpaired) electrons. The van der Waals surface area contributed by atoms with Gasteiger partial charge in [0.2, 0.25) is 0 Å². The van der Waals surface area contributed by atoms with Crippen LogP contribution < -0.4 is 5.73 Å². The SMILES string of the molecule is Nc1ccc(F)cc1-c1nnc2ncccn12. The number of halogens is 1. The van der Waals surface area contributed by atoms with Gasteiger partial charge >= 0.3 is 0 Å². The van der Waals surface area contributed by atoms with E-state index in [1.807, 2.05) is 0 Å². The molecule has 0 unspecified atom stereocenters. The molecule has 17 heavy (non-hydrogen) atoms.